The van der Waals surface area contributed by atoms with Crippen molar-refractivity contribution in [2.24, 2.45) is 0 Å². The zero-order valence-electron chi connectivity index (χ0n) is 12.8. The molecule has 0 saturated heterocycles. The third kappa shape index (κ3) is 6.23. The van der Waals surface area contributed by atoms with Crippen molar-refractivity contribution in [3.63, 3.8) is 0 Å². The Labute approximate surface area is 144 Å². The fourth-order valence-corrected chi connectivity index (χ4v) is 2.47. The molecule has 2 aromatic rings. The summed E-state index contributed by atoms with van der Waals surface area (Å²) in [4.78, 5) is 0. The van der Waals surface area contributed by atoms with E-state index in [4.69, 9.17) is 11.6 Å². The van der Waals surface area contributed by atoms with Gasteiger partial charge in [-0.15, -0.1) is 12.4 Å². The van der Waals surface area contributed by atoms with Gasteiger partial charge in [0.2, 0.25) is 0 Å². The maximum absolute atomic E-state index is 5.88. The van der Waals surface area contributed by atoms with Gasteiger partial charge in [-0.1, -0.05) is 79.6 Å². The molecule has 2 rings (SSSR count). The number of halogens is 2. The molecule has 0 spiro atoms. The highest BCUT2D eigenvalue weighted by molar-refractivity contribution is 6.30. The maximum Gasteiger partial charge on any atom is 0.0406 e. The van der Waals surface area contributed by atoms with E-state index in [1.54, 1.807) is 0 Å². The lowest BCUT2D eigenvalue weighted by Gasteiger charge is -2.17. The zero-order valence-corrected chi connectivity index (χ0v) is 14.4. The van der Waals surface area contributed by atoms with E-state index >= 15 is 0 Å². The number of benzene rings is 2. The van der Waals surface area contributed by atoms with Crippen LogP contribution in [-0.2, 0) is 0 Å². The third-order valence-corrected chi connectivity index (χ3v) is 3.69. The van der Waals surface area contributed by atoms with Crippen molar-refractivity contribution in [3.05, 3.63) is 76.8 Å². The van der Waals surface area contributed by atoms with Crippen molar-refractivity contribution in [1.82, 2.24) is 5.32 Å². The number of nitrogens with one attached hydrogen (secondary N) is 1. The second-order valence-electron chi connectivity index (χ2n) is 5.11. The van der Waals surface area contributed by atoms with Crippen LogP contribution in [0.2, 0.25) is 5.02 Å². The molecule has 1 nitrogen and oxygen atoms in total. The Morgan fingerprint density at radius 1 is 1.05 bits per heavy atom. The molecule has 0 radical (unpaired) electrons. The first kappa shape index (κ1) is 18.8. The summed E-state index contributed by atoms with van der Waals surface area (Å²) < 4.78 is 0. The molecule has 2 aromatic carbocycles. The molecule has 0 aliphatic carbocycles. The van der Waals surface area contributed by atoms with Crippen LogP contribution >= 0.6 is 24.0 Å². The Bertz CT molecular complexity index is 549. The van der Waals surface area contributed by atoms with E-state index in [-0.39, 0.29) is 12.4 Å². The third-order valence-electron chi connectivity index (χ3n) is 3.44. The largest absolute Gasteiger partial charge is 0.306 e. The molecule has 1 unspecified atom stereocenters. The molecule has 0 aliphatic heterocycles. The first-order valence-corrected chi connectivity index (χ1v) is 7.88. The van der Waals surface area contributed by atoms with Crippen LogP contribution in [0.4, 0.5) is 0 Å². The predicted octanol–water partition coefficient (Wildman–Crippen LogP) is 5.91. The summed E-state index contributed by atoms with van der Waals surface area (Å²) in [6.07, 6.45) is 6.61. The Balaban J connectivity index is 0.00000242. The molecule has 0 heterocycles. The summed E-state index contributed by atoms with van der Waals surface area (Å²) in [5.41, 5.74) is 2.53. The Morgan fingerprint density at radius 3 is 2.36 bits per heavy atom. The van der Waals surface area contributed by atoms with Gasteiger partial charge in [0, 0.05) is 17.6 Å². The predicted molar refractivity (Wildman–Crippen MR) is 99.8 cm³/mol. The molecule has 0 bridgehead atoms. The van der Waals surface area contributed by atoms with E-state index in [0.29, 0.717) is 6.04 Å². The molecule has 0 amide bonds. The first-order chi connectivity index (χ1) is 10.3. The zero-order chi connectivity index (χ0) is 14.9. The molecule has 118 valence electrons. The topological polar surface area (TPSA) is 12.0 Å². The maximum atomic E-state index is 5.88. The van der Waals surface area contributed by atoms with Gasteiger partial charge in [0.1, 0.15) is 0 Å². The van der Waals surface area contributed by atoms with Crippen LogP contribution in [0.15, 0.2) is 60.7 Å². The lowest BCUT2D eigenvalue weighted by Crippen LogP contribution is -2.21. The van der Waals surface area contributed by atoms with E-state index in [9.17, 15) is 0 Å². The molecule has 1 N–H and O–H groups in total. The monoisotopic (exact) mass is 335 g/mol. The van der Waals surface area contributed by atoms with Gasteiger partial charge >= 0.3 is 0 Å². The molecule has 3 heteroatoms. The van der Waals surface area contributed by atoms with E-state index in [1.165, 1.54) is 17.5 Å². The Kier molecular flexibility index (Phi) is 8.91. The van der Waals surface area contributed by atoms with E-state index in [2.05, 4.69) is 54.7 Å². The van der Waals surface area contributed by atoms with Crippen LogP contribution in [0, 0.1) is 0 Å². The smallest absolute Gasteiger partial charge is 0.0406 e. The number of hydrogen-bond donors (Lipinski definition) is 1. The Morgan fingerprint density at radius 2 is 1.73 bits per heavy atom. The standard InChI is InChI=1S/C19H22ClN.ClH/c1-2-7-19(17-9-4-3-5-10-17)21-15-6-8-16-11-13-18(20)14-12-16;/h3-6,8-14,19,21H,2,7,15H2,1H3;1H/b8-6+;. The van der Waals surface area contributed by atoms with Gasteiger partial charge in [-0.25, -0.2) is 0 Å². The average Bonchev–Trinajstić information content (AvgIpc) is 2.53. The number of rotatable bonds is 7. The van der Waals surface area contributed by atoms with Gasteiger partial charge in [0.15, 0.2) is 0 Å². The van der Waals surface area contributed by atoms with Crippen LogP contribution in [0.1, 0.15) is 36.9 Å². The fraction of sp³-hybridized carbons (Fsp3) is 0.263. The molecular formula is C19H23Cl2N. The molecule has 0 fully saturated rings. The fourth-order valence-electron chi connectivity index (χ4n) is 2.34. The molecule has 0 aliphatic rings. The first-order valence-electron chi connectivity index (χ1n) is 7.50. The SMILES string of the molecule is CCCC(NC/C=C/c1ccc(Cl)cc1)c1ccccc1.Cl. The second kappa shape index (κ2) is 10.4. The van der Waals surface area contributed by atoms with Gasteiger partial charge in [-0.05, 0) is 29.7 Å². The minimum absolute atomic E-state index is 0. The van der Waals surface area contributed by atoms with E-state index in [1.807, 2.05) is 24.3 Å². The van der Waals surface area contributed by atoms with Crippen molar-refractivity contribution >= 4 is 30.1 Å². The summed E-state index contributed by atoms with van der Waals surface area (Å²) in [6.45, 7) is 3.09. The molecular weight excluding hydrogens is 313 g/mol. The highest BCUT2D eigenvalue weighted by Gasteiger charge is 2.07. The number of hydrogen-bond acceptors (Lipinski definition) is 1. The molecule has 0 aromatic heterocycles. The normalized spacial score (nSPS) is 12.1. The lowest BCUT2D eigenvalue weighted by atomic mass is 10.0. The van der Waals surface area contributed by atoms with Crippen LogP contribution in [0.25, 0.3) is 6.08 Å². The van der Waals surface area contributed by atoms with Gasteiger partial charge in [-0.3, -0.25) is 0 Å². The minimum Gasteiger partial charge on any atom is -0.306 e. The lowest BCUT2D eigenvalue weighted by molar-refractivity contribution is 0.521. The van der Waals surface area contributed by atoms with Gasteiger partial charge in [-0.2, -0.15) is 0 Å². The van der Waals surface area contributed by atoms with Crippen molar-refractivity contribution in [1.29, 1.82) is 0 Å². The van der Waals surface area contributed by atoms with Crippen LogP contribution in [0.5, 0.6) is 0 Å². The van der Waals surface area contributed by atoms with Crippen LogP contribution < -0.4 is 5.32 Å². The quantitative estimate of drug-likeness (QED) is 0.663. The van der Waals surface area contributed by atoms with Crippen LogP contribution in [-0.4, -0.2) is 6.54 Å². The van der Waals surface area contributed by atoms with Gasteiger partial charge in [0.25, 0.3) is 0 Å². The summed E-state index contributed by atoms with van der Waals surface area (Å²) in [6, 6.07) is 19.0. The average molecular weight is 336 g/mol. The van der Waals surface area contributed by atoms with Crippen LogP contribution in [0.3, 0.4) is 0 Å². The highest BCUT2D eigenvalue weighted by atomic mass is 35.5. The molecule has 1 atom stereocenters. The van der Waals surface area contributed by atoms with Gasteiger partial charge < -0.3 is 5.32 Å². The minimum atomic E-state index is 0. The van der Waals surface area contributed by atoms with Crippen molar-refractivity contribution < 1.29 is 0 Å². The summed E-state index contributed by atoms with van der Waals surface area (Å²) in [5.74, 6) is 0. The van der Waals surface area contributed by atoms with Crippen molar-refractivity contribution in [2.45, 2.75) is 25.8 Å². The summed E-state index contributed by atoms with van der Waals surface area (Å²) in [5, 5.41) is 4.38. The highest BCUT2D eigenvalue weighted by Crippen LogP contribution is 2.17. The van der Waals surface area contributed by atoms with E-state index < -0.39 is 0 Å². The second-order valence-corrected chi connectivity index (χ2v) is 5.55. The van der Waals surface area contributed by atoms with E-state index in [0.717, 1.165) is 18.0 Å². The Hall–Kier alpha value is -1.28. The van der Waals surface area contributed by atoms with Crippen molar-refractivity contribution in [2.75, 3.05) is 6.54 Å². The molecule has 0 saturated carbocycles. The molecule has 22 heavy (non-hydrogen) atoms. The van der Waals surface area contributed by atoms with Crippen molar-refractivity contribution in [3.8, 4) is 0 Å². The summed E-state index contributed by atoms with van der Waals surface area (Å²) in [7, 11) is 0. The van der Waals surface area contributed by atoms with Gasteiger partial charge in [0.05, 0.1) is 0 Å². The summed E-state index contributed by atoms with van der Waals surface area (Å²) >= 11 is 5.88.